The van der Waals surface area contributed by atoms with E-state index in [0.29, 0.717) is 39.8 Å². The molecule has 0 saturated carbocycles. The molecule has 10 heteroatoms. The zero-order chi connectivity index (χ0) is 26.3. The monoisotopic (exact) mass is 514 g/mol. The van der Waals surface area contributed by atoms with E-state index in [4.69, 9.17) is 18.9 Å². The molecule has 0 saturated heterocycles. The molecule has 1 amide bonds. The number of amides is 1. The Kier molecular flexibility index (Phi) is 8.65. The summed E-state index contributed by atoms with van der Waals surface area (Å²) in [5, 5.41) is 2.82. The van der Waals surface area contributed by atoms with Crippen LogP contribution in [0.2, 0.25) is 0 Å². The summed E-state index contributed by atoms with van der Waals surface area (Å²) in [6, 6.07) is 16.8. The molecule has 3 rings (SSSR count). The van der Waals surface area contributed by atoms with Gasteiger partial charge in [-0.2, -0.15) is 0 Å². The second kappa shape index (κ2) is 11.7. The Hall–Kier alpha value is -3.92. The number of nitrogens with one attached hydrogen (secondary N) is 1. The molecule has 0 aliphatic carbocycles. The highest BCUT2D eigenvalue weighted by Crippen LogP contribution is 2.34. The SMILES string of the molecule is CCS(=O)(=O)N(C)c1ccc(NC(=O)c2ccc(OC)cc2)cc1OCc1cc(OC)ccc1OC. The minimum absolute atomic E-state index is 0.0727. The summed E-state index contributed by atoms with van der Waals surface area (Å²) in [5.41, 5.74) is 1.92. The predicted octanol–water partition coefficient (Wildman–Crippen LogP) is 4.33. The first kappa shape index (κ1) is 26.7. The molecule has 0 aromatic heterocycles. The first-order valence-electron chi connectivity index (χ1n) is 11.1. The first-order valence-corrected chi connectivity index (χ1v) is 12.7. The van der Waals surface area contributed by atoms with Crippen molar-refractivity contribution in [3.05, 3.63) is 71.8 Å². The maximum atomic E-state index is 12.8. The van der Waals surface area contributed by atoms with Gasteiger partial charge in [0.15, 0.2) is 0 Å². The second-order valence-electron chi connectivity index (χ2n) is 7.70. The Morgan fingerprint density at radius 2 is 1.53 bits per heavy atom. The fraction of sp³-hybridized carbons (Fsp3) is 0.269. The Bertz CT molecular complexity index is 1310. The second-order valence-corrected chi connectivity index (χ2v) is 9.99. The molecule has 36 heavy (non-hydrogen) atoms. The van der Waals surface area contributed by atoms with Crippen LogP contribution >= 0.6 is 0 Å². The molecular weight excluding hydrogens is 484 g/mol. The molecule has 0 aliphatic rings. The standard InChI is InChI=1S/C26H30N2O7S/c1-6-36(30,31)28(2)23-13-9-20(27-26(29)18-7-10-21(32-3)11-8-18)16-25(23)35-17-19-15-22(33-4)12-14-24(19)34-5/h7-16H,6,17H2,1-5H3,(H,27,29). The van der Waals surface area contributed by atoms with E-state index in [9.17, 15) is 13.2 Å². The fourth-order valence-corrected chi connectivity index (χ4v) is 4.24. The molecule has 192 valence electrons. The van der Waals surface area contributed by atoms with Crippen LogP contribution in [0, 0.1) is 0 Å². The summed E-state index contributed by atoms with van der Waals surface area (Å²) < 4.78 is 48.2. The molecule has 0 fully saturated rings. The van der Waals surface area contributed by atoms with E-state index >= 15 is 0 Å². The Balaban J connectivity index is 1.93. The Labute approximate surface area is 211 Å². The average Bonchev–Trinajstić information content (AvgIpc) is 2.91. The topological polar surface area (TPSA) is 103 Å². The maximum absolute atomic E-state index is 12.8. The van der Waals surface area contributed by atoms with Gasteiger partial charge in [-0.3, -0.25) is 9.10 Å². The molecule has 9 nitrogen and oxygen atoms in total. The number of carbonyl (C=O) groups is 1. The lowest BCUT2D eigenvalue weighted by Crippen LogP contribution is -2.28. The third-order valence-corrected chi connectivity index (χ3v) is 7.32. The van der Waals surface area contributed by atoms with Gasteiger partial charge in [-0.25, -0.2) is 8.42 Å². The molecule has 0 heterocycles. The maximum Gasteiger partial charge on any atom is 0.255 e. The summed E-state index contributed by atoms with van der Waals surface area (Å²) in [7, 11) is 2.56. The fourth-order valence-electron chi connectivity index (χ4n) is 3.41. The number of anilines is 2. The van der Waals surface area contributed by atoms with E-state index < -0.39 is 10.0 Å². The van der Waals surface area contributed by atoms with Crippen molar-refractivity contribution in [2.45, 2.75) is 13.5 Å². The van der Waals surface area contributed by atoms with E-state index in [0.717, 1.165) is 0 Å². The number of benzene rings is 3. The third-order valence-electron chi connectivity index (χ3n) is 5.56. The van der Waals surface area contributed by atoms with E-state index in [2.05, 4.69) is 5.32 Å². The largest absolute Gasteiger partial charge is 0.497 e. The van der Waals surface area contributed by atoms with Crippen molar-refractivity contribution in [3.8, 4) is 23.0 Å². The Morgan fingerprint density at radius 3 is 2.14 bits per heavy atom. The van der Waals surface area contributed by atoms with Gasteiger partial charge >= 0.3 is 0 Å². The van der Waals surface area contributed by atoms with Crippen LogP contribution in [-0.4, -0.2) is 48.5 Å². The van der Waals surface area contributed by atoms with Crippen LogP contribution in [0.3, 0.4) is 0 Å². The highest BCUT2D eigenvalue weighted by atomic mass is 32.2. The normalized spacial score (nSPS) is 10.9. The van der Waals surface area contributed by atoms with E-state index in [1.165, 1.54) is 11.4 Å². The highest BCUT2D eigenvalue weighted by molar-refractivity contribution is 7.92. The minimum Gasteiger partial charge on any atom is -0.497 e. The van der Waals surface area contributed by atoms with Crippen LogP contribution in [0.25, 0.3) is 0 Å². The molecule has 0 bridgehead atoms. The van der Waals surface area contributed by atoms with Crippen molar-refractivity contribution in [1.82, 2.24) is 0 Å². The van der Waals surface area contributed by atoms with Crippen molar-refractivity contribution >= 4 is 27.3 Å². The van der Waals surface area contributed by atoms with Gasteiger partial charge in [0, 0.05) is 29.9 Å². The van der Waals surface area contributed by atoms with Crippen LogP contribution in [0.1, 0.15) is 22.8 Å². The van der Waals surface area contributed by atoms with Crippen LogP contribution in [0.5, 0.6) is 23.0 Å². The molecule has 1 N–H and O–H groups in total. The predicted molar refractivity (Wildman–Crippen MR) is 139 cm³/mol. The molecule has 0 atom stereocenters. The smallest absolute Gasteiger partial charge is 0.255 e. The summed E-state index contributed by atoms with van der Waals surface area (Å²) in [4.78, 5) is 12.8. The lowest BCUT2D eigenvalue weighted by atomic mass is 10.2. The molecule has 0 unspecified atom stereocenters. The van der Waals surface area contributed by atoms with Gasteiger partial charge in [0.25, 0.3) is 5.91 Å². The highest BCUT2D eigenvalue weighted by Gasteiger charge is 2.21. The number of nitrogens with zero attached hydrogens (tertiary/aromatic N) is 1. The summed E-state index contributed by atoms with van der Waals surface area (Å²) in [6.07, 6.45) is 0. The van der Waals surface area contributed by atoms with E-state index in [1.54, 1.807) is 88.9 Å². The van der Waals surface area contributed by atoms with Crippen molar-refractivity contribution in [2.75, 3.05) is 43.8 Å². The molecule has 3 aromatic rings. The number of rotatable bonds is 11. The average molecular weight is 515 g/mol. The van der Waals surface area contributed by atoms with Crippen molar-refractivity contribution in [1.29, 1.82) is 0 Å². The van der Waals surface area contributed by atoms with Crippen LogP contribution in [0.4, 0.5) is 11.4 Å². The molecule has 3 aromatic carbocycles. The lowest BCUT2D eigenvalue weighted by molar-refractivity contribution is 0.102. The molecular formula is C26H30N2O7S. The van der Waals surface area contributed by atoms with Crippen molar-refractivity contribution in [2.24, 2.45) is 0 Å². The lowest BCUT2D eigenvalue weighted by Gasteiger charge is -2.23. The van der Waals surface area contributed by atoms with Gasteiger partial charge in [0.2, 0.25) is 10.0 Å². The van der Waals surface area contributed by atoms with Gasteiger partial charge in [0.05, 0.1) is 32.8 Å². The number of hydrogen-bond donors (Lipinski definition) is 1. The van der Waals surface area contributed by atoms with Gasteiger partial charge in [-0.05, 0) is 61.5 Å². The number of sulfonamides is 1. The van der Waals surface area contributed by atoms with Gasteiger partial charge in [-0.15, -0.1) is 0 Å². The van der Waals surface area contributed by atoms with Gasteiger partial charge in [-0.1, -0.05) is 0 Å². The minimum atomic E-state index is -3.56. The van der Waals surface area contributed by atoms with Crippen LogP contribution in [0.15, 0.2) is 60.7 Å². The number of methoxy groups -OCH3 is 3. The van der Waals surface area contributed by atoms with Crippen LogP contribution < -0.4 is 28.6 Å². The molecule has 0 spiro atoms. The van der Waals surface area contributed by atoms with Crippen LogP contribution in [-0.2, 0) is 16.6 Å². The van der Waals surface area contributed by atoms with Crippen molar-refractivity contribution in [3.63, 3.8) is 0 Å². The molecule has 0 radical (unpaired) electrons. The Morgan fingerprint density at radius 1 is 0.861 bits per heavy atom. The quantitative estimate of drug-likeness (QED) is 0.406. The first-order chi connectivity index (χ1) is 17.2. The number of ether oxygens (including phenoxy) is 4. The zero-order valence-electron chi connectivity index (χ0n) is 20.9. The number of carbonyl (C=O) groups excluding carboxylic acids is 1. The van der Waals surface area contributed by atoms with E-state index in [-0.39, 0.29) is 24.0 Å². The third kappa shape index (κ3) is 6.19. The summed E-state index contributed by atoms with van der Waals surface area (Å²) >= 11 is 0. The van der Waals surface area contributed by atoms with Crippen molar-refractivity contribution < 1.29 is 32.2 Å². The van der Waals surface area contributed by atoms with Gasteiger partial charge < -0.3 is 24.3 Å². The van der Waals surface area contributed by atoms with E-state index in [1.807, 2.05) is 0 Å². The number of hydrogen-bond acceptors (Lipinski definition) is 7. The zero-order valence-corrected chi connectivity index (χ0v) is 21.7. The summed E-state index contributed by atoms with van der Waals surface area (Å²) in [5.74, 6) is 1.71. The summed E-state index contributed by atoms with van der Waals surface area (Å²) in [6.45, 7) is 1.64. The molecule has 0 aliphatic heterocycles. The van der Waals surface area contributed by atoms with Gasteiger partial charge in [0.1, 0.15) is 29.6 Å².